The summed E-state index contributed by atoms with van der Waals surface area (Å²) >= 11 is 0. The normalized spacial score (nSPS) is 27.2. The van der Waals surface area contributed by atoms with Crippen molar-refractivity contribution in [1.82, 2.24) is 0 Å². The highest BCUT2D eigenvalue weighted by Crippen LogP contribution is 2.36. The standard InChI is InChI=1S/C15H18F2O2/c1-9-2-5-13(15(18)19)11(6-9)7-10-3-4-12(16)8-14(10)17/h3-4,8-9,11,13H,2,5-7H2,1H3,(H,18,19). The summed E-state index contributed by atoms with van der Waals surface area (Å²) in [5.74, 6) is -2.01. The Balaban J connectivity index is 2.16. The first kappa shape index (κ1) is 14.0. The molecule has 2 rings (SSSR count). The van der Waals surface area contributed by atoms with Crippen LogP contribution in [-0.2, 0) is 11.2 Å². The number of benzene rings is 1. The van der Waals surface area contributed by atoms with Gasteiger partial charge < -0.3 is 5.11 Å². The van der Waals surface area contributed by atoms with E-state index in [1.165, 1.54) is 12.1 Å². The van der Waals surface area contributed by atoms with E-state index in [1.54, 1.807) is 0 Å². The molecule has 1 saturated carbocycles. The predicted octanol–water partition coefficient (Wildman–Crippen LogP) is 3.64. The molecule has 19 heavy (non-hydrogen) atoms. The van der Waals surface area contributed by atoms with Crippen molar-refractivity contribution in [3.8, 4) is 0 Å². The van der Waals surface area contributed by atoms with Crippen molar-refractivity contribution in [3.63, 3.8) is 0 Å². The zero-order valence-corrected chi connectivity index (χ0v) is 10.9. The van der Waals surface area contributed by atoms with Gasteiger partial charge in [0.2, 0.25) is 0 Å². The van der Waals surface area contributed by atoms with Crippen LogP contribution in [-0.4, -0.2) is 11.1 Å². The van der Waals surface area contributed by atoms with Crippen molar-refractivity contribution in [2.75, 3.05) is 0 Å². The molecule has 0 aromatic heterocycles. The molecular formula is C15H18F2O2. The molecule has 1 aliphatic rings. The molecule has 1 fully saturated rings. The first-order valence-corrected chi connectivity index (χ1v) is 6.64. The topological polar surface area (TPSA) is 37.3 Å². The zero-order valence-electron chi connectivity index (χ0n) is 10.9. The van der Waals surface area contributed by atoms with Crippen LogP contribution in [0.2, 0.25) is 0 Å². The lowest BCUT2D eigenvalue weighted by Gasteiger charge is -2.32. The van der Waals surface area contributed by atoms with Crippen molar-refractivity contribution in [3.05, 3.63) is 35.4 Å². The summed E-state index contributed by atoms with van der Waals surface area (Å²) in [5.41, 5.74) is 0.409. The van der Waals surface area contributed by atoms with Gasteiger partial charge in [-0.1, -0.05) is 13.0 Å². The minimum absolute atomic E-state index is 0.0683. The lowest BCUT2D eigenvalue weighted by atomic mass is 9.72. The molecule has 4 heteroatoms. The molecule has 0 radical (unpaired) electrons. The van der Waals surface area contributed by atoms with Crippen LogP contribution in [0.1, 0.15) is 31.7 Å². The van der Waals surface area contributed by atoms with Crippen LogP contribution >= 0.6 is 0 Å². The molecular weight excluding hydrogens is 250 g/mol. The molecule has 3 unspecified atom stereocenters. The number of hydrogen-bond donors (Lipinski definition) is 1. The van der Waals surface area contributed by atoms with Crippen molar-refractivity contribution in [1.29, 1.82) is 0 Å². The van der Waals surface area contributed by atoms with Crippen LogP contribution in [0.15, 0.2) is 18.2 Å². The van der Waals surface area contributed by atoms with Gasteiger partial charge in [-0.3, -0.25) is 4.79 Å². The molecule has 0 heterocycles. The van der Waals surface area contributed by atoms with Gasteiger partial charge in [0.25, 0.3) is 0 Å². The summed E-state index contributed by atoms with van der Waals surface area (Å²) < 4.78 is 26.5. The number of carbonyl (C=O) groups is 1. The van der Waals surface area contributed by atoms with Gasteiger partial charge in [-0.05, 0) is 49.1 Å². The highest BCUT2D eigenvalue weighted by molar-refractivity contribution is 5.70. The number of aliphatic carboxylic acids is 1. The van der Waals surface area contributed by atoms with Crippen LogP contribution in [0.4, 0.5) is 8.78 Å². The van der Waals surface area contributed by atoms with Crippen LogP contribution in [0.25, 0.3) is 0 Å². The molecule has 1 aromatic carbocycles. The Morgan fingerprint density at radius 1 is 1.37 bits per heavy atom. The quantitative estimate of drug-likeness (QED) is 0.908. The predicted molar refractivity (Wildman–Crippen MR) is 67.7 cm³/mol. The first-order valence-electron chi connectivity index (χ1n) is 6.64. The monoisotopic (exact) mass is 268 g/mol. The Labute approximate surface area is 111 Å². The second-order valence-electron chi connectivity index (χ2n) is 5.56. The number of carboxylic acid groups (broad SMARTS) is 1. The fourth-order valence-electron chi connectivity index (χ4n) is 3.02. The highest BCUT2D eigenvalue weighted by atomic mass is 19.1. The van der Waals surface area contributed by atoms with E-state index < -0.39 is 23.5 Å². The van der Waals surface area contributed by atoms with Crippen LogP contribution < -0.4 is 0 Å². The third kappa shape index (κ3) is 3.31. The molecule has 0 saturated heterocycles. The largest absolute Gasteiger partial charge is 0.481 e. The minimum atomic E-state index is -0.806. The lowest BCUT2D eigenvalue weighted by Crippen LogP contribution is -2.31. The van der Waals surface area contributed by atoms with E-state index in [2.05, 4.69) is 6.92 Å². The Hall–Kier alpha value is -1.45. The second-order valence-corrected chi connectivity index (χ2v) is 5.56. The fraction of sp³-hybridized carbons (Fsp3) is 0.533. The van der Waals surface area contributed by atoms with Crippen LogP contribution in [0.3, 0.4) is 0 Å². The Morgan fingerprint density at radius 2 is 2.11 bits per heavy atom. The zero-order chi connectivity index (χ0) is 14.0. The van der Waals surface area contributed by atoms with Crippen molar-refractivity contribution >= 4 is 5.97 Å². The molecule has 0 spiro atoms. The van der Waals surface area contributed by atoms with Crippen molar-refractivity contribution in [2.45, 2.75) is 32.6 Å². The third-order valence-electron chi connectivity index (χ3n) is 4.06. The third-order valence-corrected chi connectivity index (χ3v) is 4.06. The summed E-state index contributed by atoms with van der Waals surface area (Å²) in [6.07, 6.45) is 2.70. The van der Waals surface area contributed by atoms with Gasteiger partial charge in [0.1, 0.15) is 11.6 Å². The van der Waals surface area contributed by atoms with E-state index in [0.717, 1.165) is 18.9 Å². The number of hydrogen-bond acceptors (Lipinski definition) is 1. The average Bonchev–Trinajstić information content (AvgIpc) is 2.32. The van der Waals surface area contributed by atoms with E-state index >= 15 is 0 Å². The smallest absolute Gasteiger partial charge is 0.306 e. The van der Waals surface area contributed by atoms with E-state index in [0.29, 0.717) is 24.3 Å². The number of rotatable bonds is 3. The first-order chi connectivity index (χ1) is 8.97. The maximum absolute atomic E-state index is 13.6. The SMILES string of the molecule is CC1CCC(C(=O)O)C(Cc2ccc(F)cc2F)C1. The average molecular weight is 268 g/mol. The van der Waals surface area contributed by atoms with Gasteiger partial charge in [0.15, 0.2) is 0 Å². The maximum atomic E-state index is 13.6. The van der Waals surface area contributed by atoms with Gasteiger partial charge in [-0.2, -0.15) is 0 Å². The van der Waals surface area contributed by atoms with Gasteiger partial charge >= 0.3 is 5.97 Å². The Morgan fingerprint density at radius 3 is 2.74 bits per heavy atom. The molecule has 104 valence electrons. The van der Waals surface area contributed by atoms with Gasteiger partial charge in [-0.15, -0.1) is 0 Å². The van der Waals surface area contributed by atoms with Gasteiger partial charge in [-0.25, -0.2) is 8.78 Å². The molecule has 1 aliphatic carbocycles. The molecule has 0 bridgehead atoms. The number of halogens is 2. The Bertz CT molecular complexity index is 473. The minimum Gasteiger partial charge on any atom is -0.481 e. The van der Waals surface area contributed by atoms with Gasteiger partial charge in [0.05, 0.1) is 5.92 Å². The maximum Gasteiger partial charge on any atom is 0.306 e. The molecule has 2 nitrogen and oxygen atoms in total. The summed E-state index contributed by atoms with van der Waals surface area (Å²) in [4.78, 5) is 11.2. The fourth-order valence-corrected chi connectivity index (χ4v) is 3.02. The van der Waals surface area contributed by atoms with Gasteiger partial charge in [0, 0.05) is 6.07 Å². The molecule has 1 aromatic rings. The summed E-state index contributed by atoms with van der Waals surface area (Å²) in [6, 6.07) is 3.50. The summed E-state index contributed by atoms with van der Waals surface area (Å²) in [5, 5.41) is 9.23. The van der Waals surface area contributed by atoms with Crippen molar-refractivity contribution in [2.24, 2.45) is 17.8 Å². The van der Waals surface area contributed by atoms with Crippen LogP contribution in [0, 0.1) is 29.4 Å². The van der Waals surface area contributed by atoms with E-state index in [-0.39, 0.29) is 5.92 Å². The summed E-state index contributed by atoms with van der Waals surface area (Å²) in [6.45, 7) is 2.09. The molecule has 0 amide bonds. The molecule has 0 aliphatic heterocycles. The molecule has 3 atom stereocenters. The van der Waals surface area contributed by atoms with Crippen molar-refractivity contribution < 1.29 is 18.7 Å². The van der Waals surface area contributed by atoms with Crippen LogP contribution in [0.5, 0.6) is 0 Å². The number of carboxylic acids is 1. The summed E-state index contributed by atoms with van der Waals surface area (Å²) in [7, 11) is 0. The van der Waals surface area contributed by atoms with E-state index in [1.807, 2.05) is 0 Å². The van der Waals surface area contributed by atoms with E-state index in [4.69, 9.17) is 0 Å². The molecule has 1 N–H and O–H groups in total. The Kier molecular flexibility index (Phi) is 4.17. The highest BCUT2D eigenvalue weighted by Gasteiger charge is 2.33. The second kappa shape index (κ2) is 5.68. The van der Waals surface area contributed by atoms with E-state index in [9.17, 15) is 18.7 Å². The lowest BCUT2D eigenvalue weighted by molar-refractivity contribution is -0.145.